The summed E-state index contributed by atoms with van der Waals surface area (Å²) in [6, 6.07) is 14.0. The van der Waals surface area contributed by atoms with Gasteiger partial charge in [0.2, 0.25) is 0 Å². The van der Waals surface area contributed by atoms with E-state index in [4.69, 9.17) is 23.2 Å². The number of amidine groups is 1. The van der Waals surface area contributed by atoms with E-state index in [1.807, 2.05) is 18.2 Å². The van der Waals surface area contributed by atoms with Gasteiger partial charge in [-0.1, -0.05) is 53.5 Å². The zero-order valence-corrected chi connectivity index (χ0v) is 15.1. The first-order valence-corrected chi connectivity index (χ1v) is 9.40. The minimum atomic E-state index is -3.64. The van der Waals surface area contributed by atoms with Gasteiger partial charge in [-0.25, -0.2) is 8.42 Å². The van der Waals surface area contributed by atoms with Crippen LogP contribution in [-0.4, -0.2) is 14.3 Å². The molecule has 1 heterocycles. The second-order valence-corrected chi connectivity index (χ2v) is 7.79. The zero-order chi connectivity index (χ0) is 17.3. The summed E-state index contributed by atoms with van der Waals surface area (Å²) < 4.78 is 27.4. The van der Waals surface area contributed by atoms with Crippen LogP contribution in [0.2, 0.25) is 10.0 Å². The van der Waals surface area contributed by atoms with E-state index in [1.54, 1.807) is 37.3 Å². The number of aliphatic imine (C=N–C) groups is 1. The highest BCUT2D eigenvalue weighted by Crippen LogP contribution is 2.30. The van der Waals surface area contributed by atoms with Crippen molar-refractivity contribution in [3.05, 3.63) is 75.3 Å². The molecule has 0 aliphatic carbocycles. The molecule has 124 valence electrons. The monoisotopic (exact) mass is 380 g/mol. The molecule has 0 aromatic heterocycles. The SMILES string of the molecule is CC1=C(c2ccc(Cl)cc2)S(=O)(=O)NC1=NCc1ccccc1Cl. The van der Waals surface area contributed by atoms with Gasteiger partial charge in [0.1, 0.15) is 10.7 Å². The standard InChI is InChI=1S/C17H14Cl2N2O2S/c1-11-16(12-6-8-14(18)9-7-12)24(22,23)21-17(11)20-10-13-4-2-3-5-15(13)19/h2-9H,10H2,1H3,(H,20,21). The quantitative estimate of drug-likeness (QED) is 0.864. The maximum Gasteiger partial charge on any atom is 0.264 e. The Morgan fingerprint density at radius 1 is 1.04 bits per heavy atom. The lowest BCUT2D eigenvalue weighted by atomic mass is 10.1. The average molecular weight is 381 g/mol. The highest BCUT2D eigenvalue weighted by Gasteiger charge is 2.32. The van der Waals surface area contributed by atoms with Gasteiger partial charge in [-0.3, -0.25) is 9.71 Å². The number of hydrogen-bond acceptors (Lipinski definition) is 3. The van der Waals surface area contributed by atoms with Crippen molar-refractivity contribution in [2.24, 2.45) is 4.99 Å². The molecule has 0 amide bonds. The Labute approximate surface area is 150 Å². The first kappa shape index (κ1) is 17.0. The molecule has 0 spiro atoms. The van der Waals surface area contributed by atoms with E-state index >= 15 is 0 Å². The minimum absolute atomic E-state index is 0.220. The maximum absolute atomic E-state index is 12.4. The second-order valence-electron chi connectivity index (χ2n) is 5.32. The highest BCUT2D eigenvalue weighted by atomic mass is 35.5. The van der Waals surface area contributed by atoms with Crippen molar-refractivity contribution in [2.75, 3.05) is 0 Å². The Morgan fingerprint density at radius 3 is 2.38 bits per heavy atom. The molecule has 7 heteroatoms. The number of halogens is 2. The van der Waals surface area contributed by atoms with E-state index in [1.165, 1.54) is 0 Å². The van der Waals surface area contributed by atoms with Crippen LogP contribution in [0.25, 0.3) is 4.91 Å². The third kappa shape index (κ3) is 3.34. The van der Waals surface area contributed by atoms with Crippen LogP contribution in [0.15, 0.2) is 59.1 Å². The van der Waals surface area contributed by atoms with Crippen LogP contribution < -0.4 is 4.72 Å². The summed E-state index contributed by atoms with van der Waals surface area (Å²) in [6.07, 6.45) is 0. The van der Waals surface area contributed by atoms with Crippen LogP contribution in [0.5, 0.6) is 0 Å². The molecule has 0 atom stereocenters. The third-order valence-electron chi connectivity index (χ3n) is 3.67. The van der Waals surface area contributed by atoms with E-state index in [0.29, 0.717) is 33.6 Å². The summed E-state index contributed by atoms with van der Waals surface area (Å²) >= 11 is 12.0. The Morgan fingerprint density at radius 2 is 1.71 bits per heavy atom. The molecule has 1 aliphatic rings. The maximum atomic E-state index is 12.4. The lowest BCUT2D eigenvalue weighted by Crippen LogP contribution is -2.23. The fourth-order valence-corrected chi connectivity index (χ4v) is 4.32. The van der Waals surface area contributed by atoms with Crippen LogP contribution in [0, 0.1) is 0 Å². The molecule has 1 aliphatic heterocycles. The van der Waals surface area contributed by atoms with Gasteiger partial charge in [0.05, 0.1) is 6.54 Å². The second kappa shape index (κ2) is 6.59. The number of sulfonamides is 1. The van der Waals surface area contributed by atoms with Gasteiger partial charge in [-0.15, -0.1) is 0 Å². The fourth-order valence-electron chi connectivity index (χ4n) is 2.48. The fraction of sp³-hybridized carbons (Fsp3) is 0.118. The molecule has 0 bridgehead atoms. The lowest BCUT2D eigenvalue weighted by molar-refractivity contribution is 0.603. The Hall–Kier alpha value is -1.82. The number of hydrogen-bond donors (Lipinski definition) is 1. The van der Waals surface area contributed by atoms with E-state index in [0.717, 1.165) is 5.56 Å². The summed E-state index contributed by atoms with van der Waals surface area (Å²) in [6.45, 7) is 2.02. The molecule has 0 saturated carbocycles. The van der Waals surface area contributed by atoms with Gasteiger partial charge in [0.25, 0.3) is 10.0 Å². The number of nitrogens with one attached hydrogen (secondary N) is 1. The summed E-state index contributed by atoms with van der Waals surface area (Å²) in [4.78, 5) is 4.60. The predicted molar refractivity (Wildman–Crippen MR) is 98.7 cm³/mol. The topological polar surface area (TPSA) is 58.5 Å². The first-order chi connectivity index (χ1) is 11.4. The van der Waals surface area contributed by atoms with Gasteiger partial charge in [0, 0.05) is 15.6 Å². The van der Waals surface area contributed by atoms with Crippen molar-refractivity contribution < 1.29 is 8.42 Å². The Bertz CT molecular complexity index is 949. The first-order valence-electron chi connectivity index (χ1n) is 7.16. The van der Waals surface area contributed by atoms with E-state index in [9.17, 15) is 8.42 Å². The van der Waals surface area contributed by atoms with Crippen molar-refractivity contribution >= 4 is 44.0 Å². The lowest BCUT2D eigenvalue weighted by Gasteiger charge is -2.03. The van der Waals surface area contributed by atoms with Crippen molar-refractivity contribution in [1.29, 1.82) is 0 Å². The van der Waals surface area contributed by atoms with Crippen molar-refractivity contribution in [2.45, 2.75) is 13.5 Å². The highest BCUT2D eigenvalue weighted by molar-refractivity contribution is 8.00. The van der Waals surface area contributed by atoms with Crippen molar-refractivity contribution in [1.82, 2.24) is 4.72 Å². The van der Waals surface area contributed by atoms with Crippen LogP contribution in [0.4, 0.5) is 0 Å². The molecule has 0 saturated heterocycles. The van der Waals surface area contributed by atoms with Gasteiger partial charge in [-0.05, 0) is 36.2 Å². The molecule has 1 N–H and O–H groups in total. The molecule has 24 heavy (non-hydrogen) atoms. The summed E-state index contributed by atoms with van der Waals surface area (Å²) in [5, 5.41) is 1.15. The molecule has 0 unspecified atom stereocenters. The summed E-state index contributed by atoms with van der Waals surface area (Å²) in [7, 11) is -3.64. The normalized spacial score (nSPS) is 18.0. The molecule has 2 aromatic carbocycles. The molecule has 4 nitrogen and oxygen atoms in total. The third-order valence-corrected chi connectivity index (χ3v) is 5.83. The van der Waals surface area contributed by atoms with Gasteiger partial charge in [0.15, 0.2) is 0 Å². The Balaban J connectivity index is 1.98. The van der Waals surface area contributed by atoms with E-state index in [2.05, 4.69) is 9.71 Å². The van der Waals surface area contributed by atoms with Gasteiger partial charge in [-0.2, -0.15) is 0 Å². The minimum Gasteiger partial charge on any atom is -0.263 e. The largest absolute Gasteiger partial charge is 0.264 e. The van der Waals surface area contributed by atoms with E-state index in [-0.39, 0.29) is 4.91 Å². The van der Waals surface area contributed by atoms with Gasteiger partial charge < -0.3 is 0 Å². The molecular formula is C17H14Cl2N2O2S. The van der Waals surface area contributed by atoms with Gasteiger partial charge >= 0.3 is 0 Å². The summed E-state index contributed by atoms with van der Waals surface area (Å²) in [5.41, 5.74) is 1.98. The molecule has 0 fully saturated rings. The zero-order valence-electron chi connectivity index (χ0n) is 12.8. The smallest absolute Gasteiger partial charge is 0.263 e. The molecular weight excluding hydrogens is 367 g/mol. The van der Waals surface area contributed by atoms with Crippen LogP contribution in [-0.2, 0) is 16.6 Å². The number of benzene rings is 2. The summed E-state index contributed by atoms with van der Waals surface area (Å²) in [5.74, 6) is 0.333. The molecule has 0 radical (unpaired) electrons. The average Bonchev–Trinajstić information content (AvgIpc) is 2.77. The van der Waals surface area contributed by atoms with Crippen LogP contribution >= 0.6 is 23.2 Å². The van der Waals surface area contributed by atoms with Crippen LogP contribution in [0.1, 0.15) is 18.1 Å². The van der Waals surface area contributed by atoms with Crippen LogP contribution in [0.3, 0.4) is 0 Å². The molecule has 2 aromatic rings. The Kier molecular flexibility index (Phi) is 4.67. The molecule has 3 rings (SSSR count). The van der Waals surface area contributed by atoms with Crippen molar-refractivity contribution in [3.8, 4) is 0 Å². The van der Waals surface area contributed by atoms with E-state index < -0.39 is 10.0 Å². The predicted octanol–water partition coefficient (Wildman–Crippen LogP) is 4.26. The number of nitrogens with zero attached hydrogens (tertiary/aromatic N) is 1. The number of rotatable bonds is 3. The van der Waals surface area contributed by atoms with Crippen molar-refractivity contribution in [3.63, 3.8) is 0 Å².